The maximum atomic E-state index is 6.76. The third-order valence-corrected chi connectivity index (χ3v) is 16.1. The molecule has 0 aliphatic rings. The number of hydrogen-bond donors (Lipinski definition) is 0. The minimum absolute atomic E-state index is 0. The van der Waals surface area contributed by atoms with E-state index in [4.69, 9.17) is 19.4 Å². The quantitative estimate of drug-likeness (QED) is 0.0861. The van der Waals surface area contributed by atoms with Crippen LogP contribution in [0.2, 0.25) is 19.6 Å². The van der Waals surface area contributed by atoms with Crippen LogP contribution in [0.5, 0.6) is 0 Å². The first-order chi connectivity index (χ1) is 33.5. The van der Waals surface area contributed by atoms with E-state index in [1.807, 2.05) is 31.2 Å². The third-order valence-electron chi connectivity index (χ3n) is 14.1. The number of imidazole rings is 1. The van der Waals surface area contributed by atoms with Gasteiger partial charge in [0.2, 0.25) is 5.71 Å². The molecule has 11 rings (SSSR count). The summed E-state index contributed by atoms with van der Waals surface area (Å²) in [5, 5.41) is 9.42. The Balaban J connectivity index is 0.000000251. The molecule has 1 atom stereocenters. The molecule has 5 heterocycles. The Hall–Kier alpha value is -6.31. The van der Waals surface area contributed by atoms with Gasteiger partial charge in [-0.15, -0.1) is 54.1 Å². The van der Waals surface area contributed by atoms with Crippen LogP contribution in [0.25, 0.3) is 93.9 Å². The minimum Gasteiger partial charge on any atom is -0.486 e. The fraction of sp³-hybridized carbons (Fsp3) is 0.270. The van der Waals surface area contributed by atoms with Crippen LogP contribution in [0.1, 0.15) is 89.7 Å². The standard InChI is InChI=1S/C45H39N4O.C18H24NSi.Ir/c1-25(2)39-30-15-10-8-13-28(30)29-14-9-11-16-31(29)41(39)49-40-34-20-19-26(3)46-37(34)23-24-38(40)47-43(49)35-18-12-17-32-33-21-22-36(27(4)45(5,6)7)48-44(33)50-42(32)35;1-14(2)11-16-12-17(15-9-7-6-8-10-15)19-13-18(16)20(3,4)5;/h8-17,19-25,27H,1-7H3;6-9,12-14H,11H2,1-5H3;/q2*-1;. The summed E-state index contributed by atoms with van der Waals surface area (Å²) >= 11 is 0. The Labute approximate surface area is 433 Å². The van der Waals surface area contributed by atoms with Gasteiger partial charge in [-0.05, 0) is 99.6 Å². The van der Waals surface area contributed by atoms with Crippen molar-refractivity contribution >= 4 is 78.8 Å². The van der Waals surface area contributed by atoms with Crippen LogP contribution < -0.4 is 5.19 Å². The smallest absolute Gasteiger partial charge is 0.216 e. The van der Waals surface area contributed by atoms with E-state index >= 15 is 0 Å². The van der Waals surface area contributed by atoms with Gasteiger partial charge in [-0.3, -0.25) is 9.97 Å². The zero-order valence-corrected chi connectivity index (χ0v) is 46.5. The molecule has 6 aromatic carbocycles. The van der Waals surface area contributed by atoms with Crippen molar-refractivity contribution in [2.24, 2.45) is 11.3 Å². The molecule has 0 bridgehead atoms. The second kappa shape index (κ2) is 19.4. The molecule has 5 aromatic heterocycles. The summed E-state index contributed by atoms with van der Waals surface area (Å²) in [6.45, 7) is 27.3. The third kappa shape index (κ3) is 9.27. The fourth-order valence-electron chi connectivity index (χ4n) is 10.2. The summed E-state index contributed by atoms with van der Waals surface area (Å²) in [6.07, 6.45) is 3.24. The number of fused-ring (bicyclic) bond motifs is 9. The molecule has 1 unspecified atom stereocenters. The van der Waals surface area contributed by atoms with E-state index in [1.165, 1.54) is 37.9 Å². The molecule has 0 amide bonds. The SMILES string of the molecule is CC(C)Cc1cc(-c2[c-]cccc2)ncc1[Si](C)(C)C.Cc1ccc2c(ccc3nc(-c4[c-]ccc5c4oc4nc(C(C)C(C)(C)C)ccc45)n(-c4c(C(C)C)c5ccccc5c5ccccc45)c32)n1.[Ir]. The summed E-state index contributed by atoms with van der Waals surface area (Å²) in [5.74, 6) is 1.93. The molecular formula is C63H63IrN5OSi-2. The van der Waals surface area contributed by atoms with Crippen molar-refractivity contribution in [3.63, 3.8) is 0 Å². The Kier molecular flexibility index (Phi) is 13.5. The van der Waals surface area contributed by atoms with Crippen molar-refractivity contribution < 1.29 is 24.5 Å². The van der Waals surface area contributed by atoms with Crippen LogP contribution in [0.15, 0.2) is 138 Å². The molecule has 11 aromatic rings. The minimum atomic E-state index is -1.34. The van der Waals surface area contributed by atoms with Gasteiger partial charge in [-0.25, -0.2) is 4.98 Å². The molecule has 0 saturated heterocycles. The van der Waals surface area contributed by atoms with Gasteiger partial charge in [0, 0.05) is 59.8 Å². The maximum Gasteiger partial charge on any atom is 0.216 e. The molecule has 361 valence electrons. The largest absolute Gasteiger partial charge is 0.486 e. The normalized spacial score (nSPS) is 12.6. The molecule has 0 aliphatic heterocycles. The van der Waals surface area contributed by atoms with Crippen molar-refractivity contribution in [3.8, 4) is 28.3 Å². The van der Waals surface area contributed by atoms with Gasteiger partial charge < -0.3 is 14.0 Å². The molecular weight excluding hydrogens is 1060 g/mol. The van der Waals surface area contributed by atoms with Gasteiger partial charge in [0.15, 0.2) is 0 Å². The molecule has 1 radical (unpaired) electrons. The van der Waals surface area contributed by atoms with E-state index in [0.717, 1.165) is 84.4 Å². The van der Waals surface area contributed by atoms with Crippen molar-refractivity contribution in [1.82, 2.24) is 24.5 Å². The first kappa shape index (κ1) is 49.7. The molecule has 8 heteroatoms. The second-order valence-electron chi connectivity index (χ2n) is 22.0. The zero-order chi connectivity index (χ0) is 49.2. The van der Waals surface area contributed by atoms with Crippen molar-refractivity contribution in [2.75, 3.05) is 0 Å². The summed E-state index contributed by atoms with van der Waals surface area (Å²) in [6, 6.07) is 51.6. The zero-order valence-electron chi connectivity index (χ0n) is 43.1. The van der Waals surface area contributed by atoms with Gasteiger partial charge in [-0.1, -0.05) is 146 Å². The monoisotopic (exact) mass is 1130 g/mol. The summed E-state index contributed by atoms with van der Waals surface area (Å²) in [7, 11) is -1.34. The molecule has 71 heavy (non-hydrogen) atoms. The number of aryl methyl sites for hydroxylation is 1. The van der Waals surface area contributed by atoms with Crippen LogP contribution in [-0.4, -0.2) is 32.6 Å². The maximum absolute atomic E-state index is 6.76. The van der Waals surface area contributed by atoms with Gasteiger partial charge >= 0.3 is 0 Å². The Morgan fingerprint density at radius 1 is 0.662 bits per heavy atom. The van der Waals surface area contributed by atoms with Crippen LogP contribution in [0, 0.1) is 30.4 Å². The van der Waals surface area contributed by atoms with Crippen molar-refractivity contribution in [3.05, 3.63) is 168 Å². The topological polar surface area (TPSA) is 69.6 Å². The molecule has 6 nitrogen and oxygen atoms in total. The second-order valence-corrected chi connectivity index (χ2v) is 27.0. The van der Waals surface area contributed by atoms with E-state index < -0.39 is 8.07 Å². The van der Waals surface area contributed by atoms with Gasteiger partial charge in [0.25, 0.3) is 0 Å². The summed E-state index contributed by atoms with van der Waals surface area (Å²) in [4.78, 5) is 20.2. The van der Waals surface area contributed by atoms with Crippen molar-refractivity contribution in [2.45, 2.75) is 100 Å². The molecule has 0 saturated carbocycles. The van der Waals surface area contributed by atoms with E-state index in [0.29, 0.717) is 11.6 Å². The van der Waals surface area contributed by atoms with Gasteiger partial charge in [0.05, 0.1) is 41.7 Å². The van der Waals surface area contributed by atoms with Crippen LogP contribution in [0.3, 0.4) is 0 Å². The van der Waals surface area contributed by atoms with Gasteiger partial charge in [0.1, 0.15) is 0 Å². The number of pyridine rings is 3. The van der Waals surface area contributed by atoms with Crippen LogP contribution in [0.4, 0.5) is 0 Å². The van der Waals surface area contributed by atoms with E-state index in [-0.39, 0.29) is 37.4 Å². The molecule has 0 N–H and O–H groups in total. The number of nitrogens with zero attached hydrogens (tertiary/aromatic N) is 5. The van der Waals surface area contributed by atoms with E-state index in [2.05, 4.69) is 206 Å². The Morgan fingerprint density at radius 2 is 1.34 bits per heavy atom. The predicted octanol–water partition coefficient (Wildman–Crippen LogP) is 16.5. The first-order valence-electron chi connectivity index (χ1n) is 24.9. The molecule has 0 spiro atoms. The predicted molar refractivity (Wildman–Crippen MR) is 297 cm³/mol. The number of hydrogen-bond acceptors (Lipinski definition) is 5. The molecule has 0 aliphatic carbocycles. The average molecular weight is 1130 g/mol. The number of aromatic nitrogens is 5. The van der Waals surface area contributed by atoms with Crippen LogP contribution >= 0.6 is 0 Å². The fourth-order valence-corrected chi connectivity index (χ4v) is 11.8. The Morgan fingerprint density at radius 3 is 2.01 bits per heavy atom. The van der Waals surface area contributed by atoms with Crippen LogP contribution in [-0.2, 0) is 26.5 Å². The number of furan rings is 1. The molecule has 0 fully saturated rings. The first-order valence-corrected chi connectivity index (χ1v) is 28.4. The summed E-state index contributed by atoms with van der Waals surface area (Å²) < 4.78 is 9.13. The van der Waals surface area contributed by atoms with E-state index in [9.17, 15) is 0 Å². The number of benzene rings is 6. The van der Waals surface area contributed by atoms with Gasteiger partial charge in [-0.2, -0.15) is 0 Å². The van der Waals surface area contributed by atoms with Crippen molar-refractivity contribution in [1.29, 1.82) is 0 Å². The number of rotatable bonds is 8. The summed E-state index contributed by atoms with van der Waals surface area (Å²) in [5.41, 5.74) is 13.1. The Bertz CT molecular complexity index is 3760. The van der Waals surface area contributed by atoms with E-state index in [1.54, 1.807) is 0 Å². The average Bonchev–Trinajstić information content (AvgIpc) is 3.91.